The quantitative estimate of drug-likeness (QED) is 0.136. The Labute approximate surface area is 174 Å². The average Bonchev–Trinajstić information content (AvgIpc) is 2.66. The number of hydrogen-bond donors (Lipinski definition) is 0. The van der Waals surface area contributed by atoms with Crippen molar-refractivity contribution in [2.45, 2.75) is 60.5 Å². The molecule has 0 aromatic heterocycles. The normalized spacial score (nSPS) is 17.8. The number of rotatable bonds is 10. The Hall–Kier alpha value is -0.393. The predicted octanol–water partition coefficient (Wildman–Crippen LogP) is 5.82. The summed E-state index contributed by atoms with van der Waals surface area (Å²) in [6, 6.07) is 0. The fraction of sp³-hybridized carbons (Fsp3) is 1.00. The van der Waals surface area contributed by atoms with Crippen LogP contribution in [0.4, 0.5) is 74.6 Å². The Morgan fingerprint density at radius 1 is 0.548 bits per heavy atom. The highest BCUT2D eigenvalue weighted by molar-refractivity contribution is 6.80. The first kappa shape index (κ1) is 32.8. The van der Waals surface area contributed by atoms with Crippen molar-refractivity contribution in [3.8, 4) is 0 Å². The van der Waals surface area contributed by atoms with Crippen LogP contribution >= 0.6 is 22.7 Å². The zero-order valence-corrected chi connectivity index (χ0v) is 17.7. The lowest BCUT2D eigenvalue weighted by Gasteiger charge is -2.42. The minimum atomic E-state index is -8.35. The van der Waals surface area contributed by atoms with Crippen LogP contribution in [0.3, 0.4) is 0 Å². The SMILES string of the molecule is FC(F)C(F)C(F)C(F)(F)C(F)(F)C(F)(F)C(F)(F)C(F)(F)C(F)(F)C(F)CCl.[SiH3]Cl. The third-order valence-corrected chi connectivity index (χ3v) is 3.69. The van der Waals surface area contributed by atoms with Gasteiger partial charge in [-0.2, -0.15) is 63.8 Å². The highest BCUT2D eigenvalue weighted by Gasteiger charge is 2.91. The molecule has 0 aliphatic carbocycles. The first-order valence-electron chi connectivity index (χ1n) is 6.91. The summed E-state index contributed by atoms with van der Waals surface area (Å²) in [4.78, 5) is 0. The van der Waals surface area contributed by atoms with Gasteiger partial charge in [-0.3, -0.25) is 0 Å². The molecule has 0 spiro atoms. The van der Waals surface area contributed by atoms with Gasteiger partial charge in [-0.1, -0.05) is 0 Å². The van der Waals surface area contributed by atoms with E-state index in [1.165, 1.54) is 0 Å². The van der Waals surface area contributed by atoms with Gasteiger partial charge < -0.3 is 0 Å². The molecule has 0 radical (unpaired) electrons. The van der Waals surface area contributed by atoms with Crippen molar-refractivity contribution in [2.24, 2.45) is 0 Å². The molecular weight excluding hydrogens is 554 g/mol. The Morgan fingerprint density at radius 3 is 1.10 bits per heavy atom. The van der Waals surface area contributed by atoms with E-state index >= 15 is 0 Å². The maximum atomic E-state index is 13.3. The fourth-order valence-corrected chi connectivity index (χ4v) is 1.80. The van der Waals surface area contributed by atoms with Crippen molar-refractivity contribution in [3.05, 3.63) is 0 Å². The number of hydrogen-bond acceptors (Lipinski definition) is 0. The van der Waals surface area contributed by atoms with E-state index in [1.807, 2.05) is 0 Å². The minimum absolute atomic E-state index is 0.778. The lowest BCUT2D eigenvalue weighted by atomic mass is 9.88. The monoisotopic (exact) mass is 562 g/mol. The summed E-state index contributed by atoms with van der Waals surface area (Å²) in [5.41, 5.74) is 0. The van der Waals surface area contributed by atoms with Gasteiger partial charge in [0.2, 0.25) is 6.17 Å². The molecule has 0 aliphatic heterocycles. The summed E-state index contributed by atoms with van der Waals surface area (Å²) >= 11 is 9.10. The summed E-state index contributed by atoms with van der Waals surface area (Å²) in [6.07, 6.45) is -20.2. The van der Waals surface area contributed by atoms with Gasteiger partial charge in [0, 0.05) is 0 Å². The lowest BCUT2D eigenvalue weighted by molar-refractivity contribution is -0.433. The maximum absolute atomic E-state index is 13.3. The second kappa shape index (κ2) is 10.3. The molecule has 20 heteroatoms. The zero-order valence-electron chi connectivity index (χ0n) is 14.2. The van der Waals surface area contributed by atoms with E-state index in [1.54, 1.807) is 0 Å². The summed E-state index contributed by atoms with van der Waals surface area (Å²) in [5.74, 6) is -49.4. The van der Waals surface area contributed by atoms with E-state index < -0.39 is 66.4 Å². The number of alkyl halides is 18. The van der Waals surface area contributed by atoms with Crippen LogP contribution in [0.5, 0.6) is 0 Å². The smallest absolute Gasteiger partial charge is 0.239 e. The molecule has 0 aromatic rings. The maximum Gasteiger partial charge on any atom is 0.384 e. The largest absolute Gasteiger partial charge is 0.384 e. The van der Waals surface area contributed by atoms with E-state index in [2.05, 4.69) is 11.6 Å². The second-order valence-corrected chi connectivity index (χ2v) is 5.65. The predicted molar refractivity (Wildman–Crippen MR) is 76.9 cm³/mol. The minimum Gasteiger partial charge on any atom is -0.239 e. The van der Waals surface area contributed by atoms with Gasteiger partial charge in [-0.15, -0.1) is 11.6 Å². The molecular formula is C11H9Cl2F17Si. The highest BCUT2D eigenvalue weighted by Crippen LogP contribution is 2.61. The van der Waals surface area contributed by atoms with E-state index in [0.717, 1.165) is 9.55 Å². The van der Waals surface area contributed by atoms with Crippen LogP contribution in [-0.2, 0) is 0 Å². The summed E-state index contributed by atoms with van der Waals surface area (Å²) in [7, 11) is 0.778. The molecule has 0 heterocycles. The molecule has 0 N–H and O–H groups in total. The van der Waals surface area contributed by atoms with Crippen molar-refractivity contribution in [1.82, 2.24) is 0 Å². The standard InChI is InChI=1S/C11H6ClF17.ClH3Si/c12-1-2(13)6(18,19)8(22,23)10(26,27)11(28,29)9(24,25)7(20,21)4(15)3(14)5(16)17;1-2/h2-5H,1H2;2H3. The third kappa shape index (κ3) is 5.09. The summed E-state index contributed by atoms with van der Waals surface area (Å²) in [5, 5.41) is 0. The average molecular weight is 563 g/mol. The summed E-state index contributed by atoms with van der Waals surface area (Å²) in [6.45, 7) is 0. The molecule has 31 heavy (non-hydrogen) atoms. The van der Waals surface area contributed by atoms with E-state index in [-0.39, 0.29) is 0 Å². The second-order valence-electron chi connectivity index (χ2n) is 5.35. The topological polar surface area (TPSA) is 0 Å². The molecule has 0 rings (SSSR count). The van der Waals surface area contributed by atoms with Crippen molar-refractivity contribution in [2.75, 3.05) is 5.88 Å². The van der Waals surface area contributed by atoms with E-state index in [9.17, 15) is 74.6 Å². The summed E-state index contributed by atoms with van der Waals surface area (Å²) < 4.78 is 220. The van der Waals surface area contributed by atoms with Crippen molar-refractivity contribution >= 4 is 32.2 Å². The zero-order chi connectivity index (χ0) is 26.0. The Bertz CT molecular complexity index is 568. The molecule has 3 unspecified atom stereocenters. The molecule has 0 fully saturated rings. The van der Waals surface area contributed by atoms with Gasteiger partial charge in [0.05, 0.1) is 5.88 Å². The van der Waals surface area contributed by atoms with Crippen LogP contribution in [0.1, 0.15) is 0 Å². The molecule has 0 saturated carbocycles. The van der Waals surface area contributed by atoms with Gasteiger partial charge in [0.15, 0.2) is 12.3 Å². The van der Waals surface area contributed by atoms with Crippen LogP contribution in [0.15, 0.2) is 0 Å². The molecule has 0 aromatic carbocycles. The molecule has 0 aliphatic rings. The van der Waals surface area contributed by atoms with Crippen LogP contribution in [-0.4, -0.2) is 75.9 Å². The molecule has 3 atom stereocenters. The van der Waals surface area contributed by atoms with Gasteiger partial charge in [-0.25, -0.2) is 22.0 Å². The van der Waals surface area contributed by atoms with Crippen LogP contribution in [0.25, 0.3) is 0 Å². The Morgan fingerprint density at radius 2 is 0.839 bits per heavy atom. The van der Waals surface area contributed by atoms with Gasteiger partial charge in [0.1, 0.15) is 9.55 Å². The van der Waals surface area contributed by atoms with Crippen LogP contribution in [0.2, 0.25) is 0 Å². The fourth-order valence-electron chi connectivity index (χ4n) is 1.61. The van der Waals surface area contributed by atoms with E-state index in [4.69, 9.17) is 11.1 Å². The highest BCUT2D eigenvalue weighted by atomic mass is 35.6. The van der Waals surface area contributed by atoms with Gasteiger partial charge >= 0.3 is 35.5 Å². The van der Waals surface area contributed by atoms with Gasteiger partial charge in [0.25, 0.3) is 6.43 Å². The third-order valence-electron chi connectivity index (χ3n) is 3.42. The molecule has 190 valence electrons. The van der Waals surface area contributed by atoms with Crippen LogP contribution in [0, 0.1) is 0 Å². The van der Waals surface area contributed by atoms with E-state index in [0.29, 0.717) is 0 Å². The molecule has 0 bridgehead atoms. The van der Waals surface area contributed by atoms with Gasteiger partial charge in [-0.05, 0) is 0 Å². The van der Waals surface area contributed by atoms with Crippen LogP contribution < -0.4 is 0 Å². The van der Waals surface area contributed by atoms with Crippen molar-refractivity contribution < 1.29 is 74.6 Å². The first-order valence-corrected chi connectivity index (χ1v) is 10.5. The Balaban J connectivity index is 0. The Kier molecular flexibility index (Phi) is 10.8. The molecule has 0 amide bonds. The lowest BCUT2D eigenvalue weighted by Crippen LogP contribution is -2.73. The molecule has 0 saturated heterocycles. The first-order chi connectivity index (χ1) is 13.5. The van der Waals surface area contributed by atoms with Crippen molar-refractivity contribution in [3.63, 3.8) is 0 Å². The number of halogens is 19. The van der Waals surface area contributed by atoms with Crippen molar-refractivity contribution in [1.29, 1.82) is 0 Å². The molecule has 0 nitrogen and oxygen atoms in total.